The van der Waals surface area contributed by atoms with Crippen molar-refractivity contribution in [2.45, 2.75) is 18.9 Å². The normalized spacial score (nSPS) is 12.1. The van der Waals surface area contributed by atoms with Crippen molar-refractivity contribution >= 4 is 16.8 Å². The number of H-pyrrole nitrogens is 1. The molecule has 6 heteroatoms. The van der Waals surface area contributed by atoms with E-state index in [0.29, 0.717) is 6.42 Å². The van der Waals surface area contributed by atoms with Gasteiger partial charge in [-0.3, -0.25) is 4.79 Å². The molecule has 0 saturated carbocycles. The Bertz CT molecular complexity index is 1420. The van der Waals surface area contributed by atoms with Gasteiger partial charge in [0.15, 0.2) is 0 Å². The highest BCUT2D eigenvalue weighted by atomic mass is 19.1. The third kappa shape index (κ3) is 4.35. The molecule has 2 heterocycles. The maximum Gasteiger partial charge on any atom is 0.221 e. The summed E-state index contributed by atoms with van der Waals surface area (Å²) in [6.07, 6.45) is 4.33. The lowest BCUT2D eigenvalue weighted by Crippen LogP contribution is -2.31. The van der Waals surface area contributed by atoms with Crippen LogP contribution < -0.4 is 5.32 Å². The minimum atomic E-state index is -0.359. The van der Waals surface area contributed by atoms with Gasteiger partial charge in [-0.05, 0) is 41.3 Å². The van der Waals surface area contributed by atoms with Crippen molar-refractivity contribution in [2.24, 2.45) is 7.05 Å². The summed E-state index contributed by atoms with van der Waals surface area (Å²) in [6.45, 7) is 0. The average molecular weight is 453 g/mol. The van der Waals surface area contributed by atoms with Gasteiger partial charge >= 0.3 is 0 Å². The van der Waals surface area contributed by atoms with Crippen molar-refractivity contribution in [1.29, 1.82) is 0 Å². The summed E-state index contributed by atoms with van der Waals surface area (Å²) in [5.74, 6) is 0.371. The smallest absolute Gasteiger partial charge is 0.221 e. The van der Waals surface area contributed by atoms with Gasteiger partial charge in [-0.1, -0.05) is 60.7 Å². The maximum absolute atomic E-state index is 14.1. The fourth-order valence-corrected chi connectivity index (χ4v) is 4.40. The Labute approximate surface area is 197 Å². The number of aromatic nitrogens is 3. The highest BCUT2D eigenvalue weighted by Gasteiger charge is 2.21. The van der Waals surface area contributed by atoms with Crippen LogP contribution >= 0.6 is 0 Å². The van der Waals surface area contributed by atoms with Gasteiger partial charge < -0.3 is 14.9 Å². The lowest BCUT2D eigenvalue weighted by atomic mass is 10.0. The Hall–Kier alpha value is -4.19. The number of aryl methyl sites for hydroxylation is 2. The Morgan fingerprint density at radius 2 is 1.79 bits per heavy atom. The molecule has 0 saturated heterocycles. The molecule has 0 bridgehead atoms. The van der Waals surface area contributed by atoms with Crippen LogP contribution in [0.5, 0.6) is 0 Å². The van der Waals surface area contributed by atoms with Crippen LogP contribution in [0.4, 0.5) is 4.39 Å². The number of hydrogen-bond acceptors (Lipinski definition) is 2. The van der Waals surface area contributed by atoms with Crippen molar-refractivity contribution in [3.8, 4) is 11.3 Å². The van der Waals surface area contributed by atoms with E-state index >= 15 is 0 Å². The predicted octanol–water partition coefficient (Wildman–Crippen LogP) is 5.55. The van der Waals surface area contributed by atoms with Gasteiger partial charge in [0.25, 0.3) is 0 Å². The van der Waals surface area contributed by atoms with Crippen LogP contribution in [0.3, 0.4) is 0 Å². The quantitative estimate of drug-likeness (QED) is 0.340. The molecule has 5 rings (SSSR count). The van der Waals surface area contributed by atoms with Crippen LogP contribution in [0.25, 0.3) is 22.2 Å². The Morgan fingerprint density at radius 1 is 1.06 bits per heavy atom. The van der Waals surface area contributed by atoms with E-state index in [1.54, 1.807) is 12.3 Å². The van der Waals surface area contributed by atoms with Crippen molar-refractivity contribution in [1.82, 2.24) is 19.9 Å². The van der Waals surface area contributed by atoms with E-state index in [1.165, 1.54) is 12.1 Å². The van der Waals surface area contributed by atoms with Crippen molar-refractivity contribution < 1.29 is 9.18 Å². The molecule has 0 spiro atoms. The molecular formula is C28H25FN4O. The summed E-state index contributed by atoms with van der Waals surface area (Å²) in [4.78, 5) is 21.0. The Kier molecular flexibility index (Phi) is 5.95. The number of aromatic amines is 1. The highest BCUT2D eigenvalue weighted by Crippen LogP contribution is 2.32. The van der Waals surface area contributed by atoms with E-state index in [9.17, 15) is 9.18 Å². The number of rotatable bonds is 7. The average Bonchev–Trinajstić information content (AvgIpc) is 3.45. The molecule has 1 amide bonds. The molecule has 2 N–H and O–H groups in total. The summed E-state index contributed by atoms with van der Waals surface area (Å²) in [7, 11) is 1.91. The second-order valence-electron chi connectivity index (χ2n) is 8.34. The summed E-state index contributed by atoms with van der Waals surface area (Å²) < 4.78 is 16.0. The van der Waals surface area contributed by atoms with Crippen LogP contribution in [-0.4, -0.2) is 20.4 Å². The molecule has 2 aromatic heterocycles. The van der Waals surface area contributed by atoms with Gasteiger partial charge in [0.05, 0.1) is 0 Å². The zero-order chi connectivity index (χ0) is 23.5. The number of carbonyl (C=O) groups excluding carboxylic acids is 1. The van der Waals surface area contributed by atoms with Crippen molar-refractivity contribution in [3.63, 3.8) is 0 Å². The van der Waals surface area contributed by atoms with E-state index in [0.717, 1.165) is 39.1 Å². The first-order valence-electron chi connectivity index (χ1n) is 11.3. The number of hydrogen-bond donors (Lipinski definition) is 2. The zero-order valence-corrected chi connectivity index (χ0v) is 18.8. The lowest BCUT2D eigenvalue weighted by molar-refractivity contribution is -0.121. The Balaban J connectivity index is 1.42. The van der Waals surface area contributed by atoms with Gasteiger partial charge in [-0.15, -0.1) is 0 Å². The first kappa shape index (κ1) is 21.6. The van der Waals surface area contributed by atoms with E-state index in [2.05, 4.69) is 15.3 Å². The third-order valence-corrected chi connectivity index (χ3v) is 6.09. The topological polar surface area (TPSA) is 62.7 Å². The number of benzene rings is 3. The summed E-state index contributed by atoms with van der Waals surface area (Å²) in [5.41, 5.74) is 4.67. The molecule has 0 fully saturated rings. The van der Waals surface area contributed by atoms with Crippen LogP contribution in [0.15, 0.2) is 91.3 Å². The SMILES string of the molecule is Cn1ccnc1C(NC(=O)CCc1c(-c2ccccc2)[nH]c2ccc(F)cc12)c1ccccc1. The molecule has 34 heavy (non-hydrogen) atoms. The summed E-state index contributed by atoms with van der Waals surface area (Å²) in [5, 5.41) is 3.95. The van der Waals surface area contributed by atoms with E-state index in [4.69, 9.17) is 0 Å². The van der Waals surface area contributed by atoms with Crippen LogP contribution in [-0.2, 0) is 18.3 Å². The number of halogens is 1. The van der Waals surface area contributed by atoms with Crippen molar-refractivity contribution in [3.05, 3.63) is 114 Å². The molecule has 1 unspecified atom stereocenters. The lowest BCUT2D eigenvalue weighted by Gasteiger charge is -2.19. The third-order valence-electron chi connectivity index (χ3n) is 6.09. The van der Waals surface area contributed by atoms with E-state index in [1.807, 2.05) is 78.5 Å². The minimum Gasteiger partial charge on any atom is -0.354 e. The second kappa shape index (κ2) is 9.35. The molecule has 0 aliphatic rings. The largest absolute Gasteiger partial charge is 0.354 e. The van der Waals surface area contributed by atoms with Crippen LogP contribution in [0, 0.1) is 5.82 Å². The monoisotopic (exact) mass is 452 g/mol. The highest BCUT2D eigenvalue weighted by molar-refractivity contribution is 5.91. The fraction of sp³-hybridized carbons (Fsp3) is 0.143. The summed E-state index contributed by atoms with van der Waals surface area (Å²) >= 11 is 0. The van der Waals surface area contributed by atoms with Gasteiger partial charge in [0.2, 0.25) is 5.91 Å². The number of fused-ring (bicyclic) bond motifs is 1. The molecule has 1 atom stereocenters. The number of nitrogens with zero attached hydrogens (tertiary/aromatic N) is 2. The fourth-order valence-electron chi connectivity index (χ4n) is 4.40. The van der Waals surface area contributed by atoms with Crippen LogP contribution in [0.2, 0.25) is 0 Å². The van der Waals surface area contributed by atoms with Gasteiger partial charge in [0.1, 0.15) is 17.7 Å². The Morgan fingerprint density at radius 3 is 2.50 bits per heavy atom. The number of amides is 1. The molecule has 5 aromatic rings. The van der Waals surface area contributed by atoms with E-state index in [-0.39, 0.29) is 24.2 Å². The predicted molar refractivity (Wildman–Crippen MR) is 132 cm³/mol. The first-order valence-corrected chi connectivity index (χ1v) is 11.3. The van der Waals surface area contributed by atoms with Gasteiger partial charge in [-0.25, -0.2) is 9.37 Å². The summed E-state index contributed by atoms with van der Waals surface area (Å²) in [6, 6.07) is 24.1. The molecular weight excluding hydrogens is 427 g/mol. The number of nitrogens with one attached hydrogen (secondary N) is 2. The minimum absolute atomic E-state index is 0.0957. The molecule has 0 aliphatic carbocycles. The van der Waals surface area contributed by atoms with Crippen LogP contribution in [0.1, 0.15) is 29.4 Å². The second-order valence-corrected chi connectivity index (χ2v) is 8.34. The molecule has 5 nitrogen and oxygen atoms in total. The standard InChI is InChI=1S/C28H25FN4O/c1-33-17-16-30-28(33)27(20-10-6-3-7-11-20)32-25(34)15-13-22-23-18-21(29)12-14-24(23)31-26(22)19-8-4-2-5-9-19/h2-12,14,16-18,27,31H,13,15H2,1H3,(H,32,34). The molecule has 0 radical (unpaired) electrons. The van der Waals surface area contributed by atoms with Gasteiger partial charge in [0, 0.05) is 42.5 Å². The van der Waals surface area contributed by atoms with Crippen molar-refractivity contribution in [2.75, 3.05) is 0 Å². The molecule has 3 aromatic carbocycles. The maximum atomic E-state index is 14.1. The first-order chi connectivity index (χ1) is 16.6. The van der Waals surface area contributed by atoms with E-state index < -0.39 is 0 Å². The number of imidazole rings is 1. The molecule has 0 aliphatic heterocycles. The zero-order valence-electron chi connectivity index (χ0n) is 18.8. The van der Waals surface area contributed by atoms with Gasteiger partial charge in [-0.2, -0.15) is 0 Å². The number of carbonyl (C=O) groups is 1. The molecule has 170 valence electrons.